The summed E-state index contributed by atoms with van der Waals surface area (Å²) < 4.78 is 0. The lowest BCUT2D eigenvalue weighted by Crippen LogP contribution is -2.42. The molecule has 0 rings (SSSR count). The second-order valence-electron chi connectivity index (χ2n) is 3.98. The Labute approximate surface area is 95.9 Å². The summed E-state index contributed by atoms with van der Waals surface area (Å²) in [6.45, 7) is 7.59. The molecule has 0 saturated carbocycles. The highest BCUT2D eigenvalue weighted by Crippen LogP contribution is 1.99. The first-order chi connectivity index (χ1) is 7.45. The molecule has 2 amide bonds. The lowest BCUT2D eigenvalue weighted by atomic mass is 10.1. The second-order valence-corrected chi connectivity index (χ2v) is 3.98. The molecular weight excluding hydrogens is 208 g/mol. The van der Waals surface area contributed by atoms with Gasteiger partial charge in [-0.25, -0.2) is 4.79 Å². The molecule has 5 heteroatoms. The zero-order valence-electron chi connectivity index (χ0n) is 9.82. The second kappa shape index (κ2) is 7.73. The molecule has 0 aliphatic carbocycles. The van der Waals surface area contributed by atoms with E-state index in [1.807, 2.05) is 6.92 Å². The van der Waals surface area contributed by atoms with Gasteiger partial charge in [0.1, 0.15) is 0 Å². The summed E-state index contributed by atoms with van der Waals surface area (Å²) in [5.74, 6) is -0.923. The molecule has 92 valence electrons. The van der Waals surface area contributed by atoms with Crippen LogP contribution in [0.5, 0.6) is 0 Å². The number of amides is 2. The Kier molecular flexibility index (Phi) is 7.00. The minimum atomic E-state index is -0.852. The highest BCUT2D eigenvalue weighted by atomic mass is 16.4. The van der Waals surface area contributed by atoms with Crippen LogP contribution in [0.4, 0.5) is 4.79 Å². The first kappa shape index (κ1) is 14.5. The smallest absolute Gasteiger partial charge is 0.315 e. The van der Waals surface area contributed by atoms with Gasteiger partial charge in [-0.2, -0.15) is 0 Å². The first-order valence-electron chi connectivity index (χ1n) is 5.32. The topological polar surface area (TPSA) is 78.4 Å². The maximum atomic E-state index is 11.3. The molecule has 16 heavy (non-hydrogen) atoms. The van der Waals surface area contributed by atoms with Gasteiger partial charge in [0, 0.05) is 19.0 Å². The van der Waals surface area contributed by atoms with Crippen LogP contribution in [0.15, 0.2) is 12.7 Å². The number of aliphatic carboxylic acids is 1. The molecule has 0 aromatic carbocycles. The van der Waals surface area contributed by atoms with Crippen molar-refractivity contribution in [3.63, 3.8) is 0 Å². The molecule has 2 unspecified atom stereocenters. The molecule has 0 saturated heterocycles. The fourth-order valence-corrected chi connectivity index (χ4v) is 1.22. The van der Waals surface area contributed by atoms with E-state index < -0.39 is 5.97 Å². The van der Waals surface area contributed by atoms with Gasteiger partial charge in [0.05, 0.1) is 0 Å². The van der Waals surface area contributed by atoms with Crippen LogP contribution in [-0.4, -0.2) is 29.7 Å². The van der Waals surface area contributed by atoms with Crippen LogP contribution in [0.2, 0.25) is 0 Å². The van der Waals surface area contributed by atoms with Gasteiger partial charge in [-0.15, -0.1) is 6.58 Å². The average molecular weight is 228 g/mol. The van der Waals surface area contributed by atoms with Crippen molar-refractivity contribution in [3.8, 4) is 0 Å². The van der Waals surface area contributed by atoms with Crippen LogP contribution in [0.25, 0.3) is 0 Å². The van der Waals surface area contributed by atoms with E-state index in [-0.39, 0.29) is 24.4 Å². The largest absolute Gasteiger partial charge is 0.481 e. The Morgan fingerprint density at radius 1 is 1.44 bits per heavy atom. The number of carbonyl (C=O) groups excluding carboxylic acids is 1. The third kappa shape index (κ3) is 7.84. The van der Waals surface area contributed by atoms with Gasteiger partial charge < -0.3 is 15.7 Å². The maximum absolute atomic E-state index is 11.3. The molecule has 2 atom stereocenters. The van der Waals surface area contributed by atoms with Gasteiger partial charge in [-0.1, -0.05) is 13.0 Å². The summed E-state index contributed by atoms with van der Waals surface area (Å²) in [6.07, 6.45) is 2.50. The first-order valence-corrected chi connectivity index (χ1v) is 5.32. The van der Waals surface area contributed by atoms with Crippen LogP contribution in [0, 0.1) is 5.92 Å². The molecule has 0 heterocycles. The Morgan fingerprint density at radius 2 is 2.06 bits per heavy atom. The van der Waals surface area contributed by atoms with Crippen LogP contribution in [0.1, 0.15) is 26.7 Å². The maximum Gasteiger partial charge on any atom is 0.315 e. The van der Waals surface area contributed by atoms with E-state index in [9.17, 15) is 9.59 Å². The van der Waals surface area contributed by atoms with Crippen molar-refractivity contribution in [1.29, 1.82) is 0 Å². The van der Waals surface area contributed by atoms with Crippen molar-refractivity contribution in [2.24, 2.45) is 5.92 Å². The Hall–Kier alpha value is -1.52. The van der Waals surface area contributed by atoms with Crippen LogP contribution < -0.4 is 10.6 Å². The Morgan fingerprint density at radius 3 is 2.56 bits per heavy atom. The summed E-state index contributed by atoms with van der Waals surface area (Å²) >= 11 is 0. The van der Waals surface area contributed by atoms with Crippen LogP contribution in [-0.2, 0) is 4.79 Å². The van der Waals surface area contributed by atoms with Crippen molar-refractivity contribution in [2.75, 3.05) is 6.54 Å². The SMILES string of the molecule is C=CCC(C)NC(=O)NCC(C)CC(=O)O. The molecule has 0 aliphatic heterocycles. The number of hydrogen-bond donors (Lipinski definition) is 3. The summed E-state index contributed by atoms with van der Waals surface area (Å²) in [5.41, 5.74) is 0. The van der Waals surface area contributed by atoms with Gasteiger partial charge in [0.15, 0.2) is 0 Å². The summed E-state index contributed by atoms with van der Waals surface area (Å²) in [5, 5.41) is 13.9. The number of carbonyl (C=O) groups is 2. The normalized spacial score (nSPS) is 13.6. The number of hydrogen-bond acceptors (Lipinski definition) is 2. The fourth-order valence-electron chi connectivity index (χ4n) is 1.22. The number of carboxylic acids is 1. The summed E-state index contributed by atoms with van der Waals surface area (Å²) in [6, 6.07) is -0.237. The number of carboxylic acid groups (broad SMARTS) is 1. The number of rotatable bonds is 7. The van der Waals surface area contributed by atoms with Crippen molar-refractivity contribution in [2.45, 2.75) is 32.7 Å². The zero-order chi connectivity index (χ0) is 12.6. The molecular formula is C11H20N2O3. The molecule has 5 nitrogen and oxygen atoms in total. The molecule has 0 aromatic heterocycles. The zero-order valence-corrected chi connectivity index (χ0v) is 9.82. The third-order valence-corrected chi connectivity index (χ3v) is 2.03. The highest BCUT2D eigenvalue weighted by molar-refractivity contribution is 5.74. The minimum absolute atomic E-state index is 0.0345. The van der Waals surface area contributed by atoms with Gasteiger partial charge in [0.2, 0.25) is 0 Å². The van der Waals surface area contributed by atoms with Crippen molar-refractivity contribution in [3.05, 3.63) is 12.7 Å². The van der Waals surface area contributed by atoms with Crippen molar-refractivity contribution in [1.82, 2.24) is 10.6 Å². The molecule has 0 spiro atoms. The van der Waals surface area contributed by atoms with E-state index in [4.69, 9.17) is 5.11 Å². The van der Waals surface area contributed by atoms with E-state index in [0.29, 0.717) is 13.0 Å². The highest BCUT2D eigenvalue weighted by Gasteiger charge is 2.10. The Bertz CT molecular complexity index is 254. The van der Waals surface area contributed by atoms with E-state index in [2.05, 4.69) is 17.2 Å². The fraction of sp³-hybridized carbons (Fsp3) is 0.636. The predicted octanol–water partition coefficient (Wildman–Crippen LogP) is 1.36. The predicted molar refractivity (Wildman–Crippen MR) is 62.2 cm³/mol. The van der Waals surface area contributed by atoms with Gasteiger partial charge in [0.25, 0.3) is 0 Å². The van der Waals surface area contributed by atoms with Crippen molar-refractivity contribution >= 4 is 12.0 Å². The lowest BCUT2D eigenvalue weighted by Gasteiger charge is -2.14. The average Bonchev–Trinajstić information content (AvgIpc) is 2.14. The van der Waals surface area contributed by atoms with E-state index in [1.165, 1.54) is 0 Å². The minimum Gasteiger partial charge on any atom is -0.481 e. The van der Waals surface area contributed by atoms with Crippen LogP contribution >= 0.6 is 0 Å². The molecule has 0 aromatic rings. The van der Waals surface area contributed by atoms with E-state index in [1.54, 1.807) is 13.0 Å². The standard InChI is InChI=1S/C11H20N2O3/c1-4-5-9(3)13-11(16)12-7-8(2)6-10(14)15/h4,8-9H,1,5-7H2,2-3H3,(H,14,15)(H2,12,13,16). The quantitative estimate of drug-likeness (QED) is 0.576. The van der Waals surface area contributed by atoms with E-state index in [0.717, 1.165) is 0 Å². The molecule has 0 radical (unpaired) electrons. The summed E-state index contributed by atoms with van der Waals surface area (Å²) in [4.78, 5) is 21.7. The van der Waals surface area contributed by atoms with Gasteiger partial charge in [-0.05, 0) is 19.3 Å². The monoisotopic (exact) mass is 228 g/mol. The third-order valence-electron chi connectivity index (χ3n) is 2.03. The molecule has 0 bridgehead atoms. The number of urea groups is 1. The van der Waals surface area contributed by atoms with Crippen molar-refractivity contribution < 1.29 is 14.7 Å². The Balaban J connectivity index is 3.72. The molecule has 0 aliphatic rings. The molecule has 0 fully saturated rings. The van der Waals surface area contributed by atoms with E-state index >= 15 is 0 Å². The molecule has 3 N–H and O–H groups in total. The van der Waals surface area contributed by atoms with Crippen LogP contribution in [0.3, 0.4) is 0 Å². The lowest BCUT2D eigenvalue weighted by molar-refractivity contribution is -0.137. The number of nitrogens with one attached hydrogen (secondary N) is 2. The van der Waals surface area contributed by atoms with Gasteiger partial charge >= 0.3 is 12.0 Å². The van der Waals surface area contributed by atoms with Gasteiger partial charge in [-0.3, -0.25) is 4.79 Å². The summed E-state index contributed by atoms with van der Waals surface area (Å²) in [7, 11) is 0.